The van der Waals surface area contributed by atoms with Crippen LogP contribution in [-0.2, 0) is 19.1 Å². The average Bonchev–Trinajstić information content (AvgIpc) is 2.47. The number of carbonyl (C=O) groups is 3. The molecule has 0 aliphatic rings. The van der Waals surface area contributed by atoms with Gasteiger partial charge >= 0.3 is 12.1 Å². The first kappa shape index (κ1) is 23.2. The molecule has 2 N–H and O–H groups in total. The molecule has 2 atom stereocenters. The van der Waals surface area contributed by atoms with Crippen LogP contribution in [0.5, 0.6) is 0 Å². The molecule has 146 valence electrons. The monoisotopic (exact) mass is 358 g/mol. The van der Waals surface area contributed by atoms with E-state index in [4.69, 9.17) is 9.47 Å². The Hall–Kier alpha value is -1.79. The Morgan fingerprint density at radius 2 is 1.64 bits per heavy atom. The van der Waals surface area contributed by atoms with Gasteiger partial charge in [0, 0.05) is 0 Å². The van der Waals surface area contributed by atoms with Crippen LogP contribution in [0.4, 0.5) is 4.79 Å². The SMILES string of the molecule is CCCC[C@H](NC(=O)[C@H](CC(C)C)NC(=O)OC(C)(C)C)C(=O)OC. The first-order valence-corrected chi connectivity index (χ1v) is 8.87. The molecule has 0 saturated heterocycles. The number of nitrogens with one attached hydrogen (secondary N) is 2. The summed E-state index contributed by atoms with van der Waals surface area (Å²) in [6, 6.07) is -1.49. The smallest absolute Gasteiger partial charge is 0.408 e. The van der Waals surface area contributed by atoms with Gasteiger partial charge in [0.15, 0.2) is 0 Å². The minimum absolute atomic E-state index is 0.179. The van der Waals surface area contributed by atoms with E-state index in [2.05, 4.69) is 10.6 Å². The molecule has 0 bridgehead atoms. The van der Waals surface area contributed by atoms with E-state index in [9.17, 15) is 14.4 Å². The summed E-state index contributed by atoms with van der Waals surface area (Å²) in [5.74, 6) is -0.716. The van der Waals surface area contributed by atoms with Crippen molar-refractivity contribution in [3.63, 3.8) is 0 Å². The molecule has 2 amide bonds. The second kappa shape index (κ2) is 10.9. The van der Waals surface area contributed by atoms with Crippen LogP contribution >= 0.6 is 0 Å². The zero-order chi connectivity index (χ0) is 19.6. The number of rotatable bonds is 9. The van der Waals surface area contributed by atoms with Crippen molar-refractivity contribution in [1.82, 2.24) is 10.6 Å². The summed E-state index contributed by atoms with van der Waals surface area (Å²) < 4.78 is 9.97. The minimum atomic E-state index is -0.774. The Morgan fingerprint density at radius 1 is 1.04 bits per heavy atom. The Balaban J connectivity index is 5.01. The zero-order valence-corrected chi connectivity index (χ0v) is 16.6. The number of amides is 2. The molecule has 0 rings (SSSR count). The standard InChI is InChI=1S/C18H34N2O5/c1-8-9-10-13(16(22)24-7)19-15(21)14(11-12(2)3)20-17(23)25-18(4,5)6/h12-14H,8-11H2,1-7H3,(H,19,21)(H,20,23)/t13-,14-/m0/s1. The molecule has 25 heavy (non-hydrogen) atoms. The minimum Gasteiger partial charge on any atom is -0.467 e. The van der Waals surface area contributed by atoms with Crippen molar-refractivity contribution in [3.05, 3.63) is 0 Å². The molecule has 0 aliphatic carbocycles. The van der Waals surface area contributed by atoms with E-state index in [0.29, 0.717) is 12.8 Å². The maximum absolute atomic E-state index is 12.6. The van der Waals surface area contributed by atoms with Crippen molar-refractivity contribution in [2.24, 2.45) is 5.92 Å². The number of unbranched alkanes of at least 4 members (excludes halogenated alkanes) is 1. The molecule has 0 aromatic rings. The summed E-state index contributed by atoms with van der Waals surface area (Å²) in [6.07, 6.45) is 1.96. The molecule has 0 heterocycles. The van der Waals surface area contributed by atoms with Crippen LogP contribution in [0.15, 0.2) is 0 Å². The third-order valence-corrected chi connectivity index (χ3v) is 3.36. The Bertz CT molecular complexity index is 443. The van der Waals surface area contributed by atoms with Crippen molar-refractivity contribution in [2.45, 2.75) is 84.9 Å². The summed E-state index contributed by atoms with van der Waals surface area (Å²) in [4.78, 5) is 36.4. The fourth-order valence-electron chi connectivity index (χ4n) is 2.22. The molecule has 0 saturated carbocycles. The lowest BCUT2D eigenvalue weighted by Crippen LogP contribution is -2.52. The molecule has 0 spiro atoms. The van der Waals surface area contributed by atoms with Crippen molar-refractivity contribution in [1.29, 1.82) is 0 Å². The topological polar surface area (TPSA) is 93.7 Å². The van der Waals surface area contributed by atoms with E-state index in [1.54, 1.807) is 20.8 Å². The van der Waals surface area contributed by atoms with Crippen LogP contribution in [0.2, 0.25) is 0 Å². The molecule has 0 fully saturated rings. The molecular formula is C18H34N2O5. The quantitative estimate of drug-likeness (QED) is 0.618. The highest BCUT2D eigenvalue weighted by molar-refractivity contribution is 5.89. The molecule has 0 aliphatic heterocycles. The number of methoxy groups -OCH3 is 1. The van der Waals surface area contributed by atoms with Gasteiger partial charge in [0.1, 0.15) is 17.7 Å². The van der Waals surface area contributed by atoms with Crippen LogP contribution in [-0.4, -0.2) is 42.8 Å². The molecule has 7 nitrogen and oxygen atoms in total. The Morgan fingerprint density at radius 3 is 2.08 bits per heavy atom. The molecule has 0 radical (unpaired) electrons. The maximum Gasteiger partial charge on any atom is 0.408 e. The lowest BCUT2D eigenvalue weighted by molar-refractivity contribution is -0.145. The third kappa shape index (κ3) is 10.6. The summed E-state index contributed by atoms with van der Waals surface area (Å²) in [7, 11) is 1.29. The number of hydrogen-bond acceptors (Lipinski definition) is 5. The summed E-state index contributed by atoms with van der Waals surface area (Å²) >= 11 is 0. The van der Waals surface area contributed by atoms with Gasteiger partial charge in [0.25, 0.3) is 0 Å². The lowest BCUT2D eigenvalue weighted by Gasteiger charge is -2.25. The van der Waals surface area contributed by atoms with E-state index >= 15 is 0 Å². The van der Waals surface area contributed by atoms with Crippen molar-refractivity contribution in [3.8, 4) is 0 Å². The fraction of sp³-hybridized carbons (Fsp3) is 0.833. The van der Waals surface area contributed by atoms with Crippen molar-refractivity contribution >= 4 is 18.0 Å². The third-order valence-electron chi connectivity index (χ3n) is 3.36. The fourth-order valence-corrected chi connectivity index (χ4v) is 2.22. The van der Waals surface area contributed by atoms with Gasteiger partial charge in [-0.25, -0.2) is 9.59 Å². The Labute approximate surface area is 151 Å². The Kier molecular flexibility index (Phi) is 10.2. The molecule has 0 aromatic carbocycles. The van der Waals surface area contributed by atoms with Gasteiger partial charge in [-0.3, -0.25) is 4.79 Å². The normalized spacial score (nSPS) is 13.8. The molecule has 0 unspecified atom stereocenters. The van der Waals surface area contributed by atoms with E-state index in [1.165, 1.54) is 7.11 Å². The number of hydrogen-bond donors (Lipinski definition) is 2. The predicted molar refractivity (Wildman–Crippen MR) is 96.1 cm³/mol. The van der Waals surface area contributed by atoms with Crippen LogP contribution in [0, 0.1) is 5.92 Å². The van der Waals surface area contributed by atoms with E-state index in [-0.39, 0.29) is 5.92 Å². The van der Waals surface area contributed by atoms with Crippen molar-refractivity contribution < 1.29 is 23.9 Å². The highest BCUT2D eigenvalue weighted by atomic mass is 16.6. The van der Waals surface area contributed by atoms with Gasteiger partial charge in [0.2, 0.25) is 5.91 Å². The summed E-state index contributed by atoms with van der Waals surface area (Å²) in [5.41, 5.74) is -0.654. The number of carbonyl (C=O) groups excluding carboxylic acids is 3. The summed E-state index contributed by atoms with van der Waals surface area (Å²) in [6.45, 7) is 11.2. The second-order valence-electron chi connectivity index (χ2n) is 7.55. The van der Waals surface area contributed by atoms with Crippen LogP contribution < -0.4 is 10.6 Å². The van der Waals surface area contributed by atoms with Gasteiger partial charge in [-0.05, 0) is 39.5 Å². The molecular weight excluding hydrogens is 324 g/mol. The van der Waals surface area contributed by atoms with E-state index in [1.807, 2.05) is 20.8 Å². The average molecular weight is 358 g/mol. The number of alkyl carbamates (subject to hydrolysis) is 1. The van der Waals surface area contributed by atoms with Crippen LogP contribution in [0.3, 0.4) is 0 Å². The van der Waals surface area contributed by atoms with Crippen molar-refractivity contribution in [2.75, 3.05) is 7.11 Å². The number of ether oxygens (including phenoxy) is 2. The van der Waals surface area contributed by atoms with E-state index in [0.717, 1.165) is 12.8 Å². The summed E-state index contributed by atoms with van der Waals surface area (Å²) in [5, 5.41) is 5.29. The van der Waals surface area contributed by atoms with Gasteiger partial charge in [-0.1, -0.05) is 33.6 Å². The predicted octanol–water partition coefficient (Wildman–Crippen LogP) is 2.77. The largest absolute Gasteiger partial charge is 0.467 e. The molecule has 0 aromatic heterocycles. The number of esters is 1. The van der Waals surface area contributed by atoms with Gasteiger partial charge in [-0.15, -0.1) is 0 Å². The van der Waals surface area contributed by atoms with Crippen LogP contribution in [0.25, 0.3) is 0 Å². The lowest BCUT2D eigenvalue weighted by atomic mass is 10.0. The first-order valence-electron chi connectivity index (χ1n) is 8.87. The van der Waals surface area contributed by atoms with Crippen LogP contribution in [0.1, 0.15) is 67.2 Å². The van der Waals surface area contributed by atoms with Gasteiger partial charge in [0.05, 0.1) is 7.11 Å². The highest BCUT2D eigenvalue weighted by Crippen LogP contribution is 2.11. The van der Waals surface area contributed by atoms with E-state index < -0.39 is 35.7 Å². The maximum atomic E-state index is 12.6. The second-order valence-corrected chi connectivity index (χ2v) is 7.55. The highest BCUT2D eigenvalue weighted by Gasteiger charge is 2.29. The molecule has 7 heteroatoms. The van der Waals surface area contributed by atoms with Gasteiger partial charge < -0.3 is 20.1 Å². The first-order chi connectivity index (χ1) is 11.5. The zero-order valence-electron chi connectivity index (χ0n) is 16.6. The van der Waals surface area contributed by atoms with Gasteiger partial charge in [-0.2, -0.15) is 0 Å².